The third kappa shape index (κ3) is 4.58. The number of β-amino-alcohol motifs (C(OH)–C–C–N with tert-alkyl or cyclic N) is 1. The Bertz CT molecular complexity index is 603. The predicted octanol–water partition coefficient (Wildman–Crippen LogP) is 2.63. The van der Waals surface area contributed by atoms with Crippen LogP contribution in [0.15, 0.2) is 24.3 Å². The van der Waals surface area contributed by atoms with Gasteiger partial charge in [-0.05, 0) is 49.1 Å². The normalized spacial score (nSPS) is 29.3. The second-order valence-electron chi connectivity index (χ2n) is 8.59. The summed E-state index contributed by atoms with van der Waals surface area (Å²) in [5.41, 5.74) is 1.16. The number of hydrogen-bond acceptors (Lipinski definition) is 5. The van der Waals surface area contributed by atoms with Crippen LogP contribution in [-0.2, 0) is 4.74 Å². The van der Waals surface area contributed by atoms with Crippen molar-refractivity contribution in [2.45, 2.75) is 31.8 Å². The molecular weight excluding hydrogens is 340 g/mol. The van der Waals surface area contributed by atoms with Gasteiger partial charge in [0.1, 0.15) is 5.75 Å². The number of rotatable bonds is 8. The summed E-state index contributed by atoms with van der Waals surface area (Å²) in [6.45, 7) is 5.86. The van der Waals surface area contributed by atoms with Crippen LogP contribution in [0.5, 0.6) is 5.75 Å². The maximum Gasteiger partial charge on any atom is 0.142 e. The zero-order chi connectivity index (χ0) is 18.6. The molecule has 2 aliphatic carbocycles. The van der Waals surface area contributed by atoms with E-state index in [0.717, 1.165) is 62.0 Å². The van der Waals surface area contributed by atoms with Crippen LogP contribution < -0.4 is 9.64 Å². The van der Waals surface area contributed by atoms with Crippen molar-refractivity contribution in [1.29, 1.82) is 0 Å². The third-order valence-corrected chi connectivity index (χ3v) is 6.79. The molecule has 2 bridgehead atoms. The van der Waals surface area contributed by atoms with Crippen molar-refractivity contribution >= 4 is 5.69 Å². The number of aliphatic hydroxyl groups is 1. The molecule has 0 aromatic heterocycles. The number of benzene rings is 1. The summed E-state index contributed by atoms with van der Waals surface area (Å²) in [5.74, 6) is 3.55. The van der Waals surface area contributed by atoms with Gasteiger partial charge >= 0.3 is 0 Å². The average molecular weight is 375 g/mol. The lowest BCUT2D eigenvalue weighted by atomic mass is 9.90. The summed E-state index contributed by atoms with van der Waals surface area (Å²) >= 11 is 0. The lowest BCUT2D eigenvalue weighted by Crippen LogP contribution is -2.49. The van der Waals surface area contributed by atoms with E-state index in [1.165, 1.54) is 25.7 Å². The molecule has 0 radical (unpaired) electrons. The van der Waals surface area contributed by atoms with Crippen molar-refractivity contribution in [3.05, 3.63) is 24.3 Å². The van der Waals surface area contributed by atoms with Crippen LogP contribution in [0.25, 0.3) is 0 Å². The predicted molar refractivity (Wildman–Crippen MR) is 107 cm³/mol. The molecule has 5 nitrogen and oxygen atoms in total. The van der Waals surface area contributed by atoms with Crippen molar-refractivity contribution in [2.75, 3.05) is 57.9 Å². The lowest BCUT2D eigenvalue weighted by molar-refractivity contribution is -0.00274. The van der Waals surface area contributed by atoms with Gasteiger partial charge in [0, 0.05) is 39.3 Å². The van der Waals surface area contributed by atoms with Crippen LogP contribution in [0.1, 0.15) is 25.7 Å². The minimum Gasteiger partial charge on any atom is -0.495 e. The Morgan fingerprint density at radius 2 is 1.93 bits per heavy atom. The standard InChI is InChI=1S/C22H34N2O3/c1-26-22-5-3-2-4-21(22)24-10-8-23(9-11-24)14-20(25)16-27-15-19-13-17-6-7-18(19)12-17/h2-5,17-20,25H,6-16H2,1H3/t17-,18-,19+,20-/m1/s1. The summed E-state index contributed by atoms with van der Waals surface area (Å²) in [6, 6.07) is 8.19. The summed E-state index contributed by atoms with van der Waals surface area (Å²) < 4.78 is 11.4. The van der Waals surface area contributed by atoms with Crippen LogP contribution in [0.4, 0.5) is 5.69 Å². The number of para-hydroxylation sites is 2. The largest absolute Gasteiger partial charge is 0.495 e. The first-order valence-electron chi connectivity index (χ1n) is 10.6. The molecule has 5 heteroatoms. The highest BCUT2D eigenvalue weighted by Crippen LogP contribution is 2.48. The average Bonchev–Trinajstić information content (AvgIpc) is 3.32. The van der Waals surface area contributed by atoms with Crippen LogP contribution in [0.3, 0.4) is 0 Å². The Morgan fingerprint density at radius 1 is 1.11 bits per heavy atom. The molecule has 4 rings (SSSR count). The monoisotopic (exact) mass is 374 g/mol. The summed E-state index contributed by atoms with van der Waals surface area (Å²) in [7, 11) is 1.72. The second kappa shape index (κ2) is 8.80. The minimum absolute atomic E-state index is 0.388. The van der Waals surface area contributed by atoms with Gasteiger partial charge in [-0.25, -0.2) is 0 Å². The number of nitrogens with zero attached hydrogens (tertiary/aromatic N) is 2. The number of piperazine rings is 1. The van der Waals surface area contributed by atoms with E-state index < -0.39 is 0 Å². The quantitative estimate of drug-likeness (QED) is 0.758. The van der Waals surface area contributed by atoms with Gasteiger partial charge in [0.2, 0.25) is 0 Å². The smallest absolute Gasteiger partial charge is 0.142 e. The van der Waals surface area contributed by atoms with Gasteiger partial charge in [0.15, 0.2) is 0 Å². The molecule has 0 unspecified atom stereocenters. The van der Waals surface area contributed by atoms with E-state index in [9.17, 15) is 5.11 Å². The van der Waals surface area contributed by atoms with Gasteiger partial charge in [-0.3, -0.25) is 4.90 Å². The zero-order valence-corrected chi connectivity index (χ0v) is 16.6. The molecule has 3 fully saturated rings. The maximum absolute atomic E-state index is 10.4. The second-order valence-corrected chi connectivity index (χ2v) is 8.59. The van der Waals surface area contributed by atoms with Crippen LogP contribution in [0, 0.1) is 17.8 Å². The van der Waals surface area contributed by atoms with Gasteiger partial charge in [-0.2, -0.15) is 0 Å². The SMILES string of the molecule is COc1ccccc1N1CCN(C[C@@H](O)COC[C@@H]2C[C@@H]3CC[C@@H]2C3)CC1. The van der Waals surface area contributed by atoms with E-state index in [1.54, 1.807) is 7.11 Å². The van der Waals surface area contributed by atoms with Gasteiger partial charge in [0.05, 0.1) is 25.5 Å². The summed E-state index contributed by atoms with van der Waals surface area (Å²) in [4.78, 5) is 4.71. The van der Waals surface area contributed by atoms with E-state index in [2.05, 4.69) is 21.9 Å². The van der Waals surface area contributed by atoms with Gasteiger partial charge < -0.3 is 19.5 Å². The van der Waals surface area contributed by atoms with E-state index >= 15 is 0 Å². The van der Waals surface area contributed by atoms with E-state index in [1.807, 2.05) is 12.1 Å². The first-order chi connectivity index (χ1) is 13.2. The molecule has 1 heterocycles. The number of anilines is 1. The number of ether oxygens (including phenoxy) is 2. The van der Waals surface area contributed by atoms with E-state index in [4.69, 9.17) is 9.47 Å². The highest BCUT2D eigenvalue weighted by molar-refractivity contribution is 5.58. The van der Waals surface area contributed by atoms with Crippen LogP contribution in [0.2, 0.25) is 0 Å². The fourth-order valence-electron chi connectivity index (χ4n) is 5.35. The molecule has 3 aliphatic rings. The molecule has 1 aromatic rings. The van der Waals surface area contributed by atoms with Gasteiger partial charge in [-0.15, -0.1) is 0 Å². The van der Waals surface area contributed by atoms with Gasteiger partial charge in [0.25, 0.3) is 0 Å². The van der Waals surface area contributed by atoms with Gasteiger partial charge in [-0.1, -0.05) is 18.6 Å². The van der Waals surface area contributed by atoms with Crippen molar-refractivity contribution < 1.29 is 14.6 Å². The van der Waals surface area contributed by atoms with Crippen molar-refractivity contribution in [3.63, 3.8) is 0 Å². The lowest BCUT2D eigenvalue weighted by Gasteiger charge is -2.37. The van der Waals surface area contributed by atoms with Crippen molar-refractivity contribution in [2.24, 2.45) is 17.8 Å². The highest BCUT2D eigenvalue weighted by atomic mass is 16.5. The van der Waals surface area contributed by atoms with Crippen molar-refractivity contribution in [3.8, 4) is 5.75 Å². The molecule has 1 N–H and O–H groups in total. The highest BCUT2D eigenvalue weighted by Gasteiger charge is 2.39. The maximum atomic E-state index is 10.4. The molecule has 0 amide bonds. The molecule has 150 valence electrons. The van der Waals surface area contributed by atoms with E-state index in [0.29, 0.717) is 13.2 Å². The third-order valence-electron chi connectivity index (χ3n) is 6.79. The Labute approximate surface area is 163 Å². The van der Waals surface area contributed by atoms with E-state index in [-0.39, 0.29) is 6.10 Å². The molecule has 1 aliphatic heterocycles. The topological polar surface area (TPSA) is 45.2 Å². The number of aliphatic hydroxyl groups excluding tert-OH is 1. The zero-order valence-electron chi connectivity index (χ0n) is 16.6. The molecule has 27 heavy (non-hydrogen) atoms. The van der Waals surface area contributed by atoms with Crippen LogP contribution in [-0.4, -0.2) is 69.2 Å². The molecular formula is C22H34N2O3. The van der Waals surface area contributed by atoms with Crippen molar-refractivity contribution in [1.82, 2.24) is 4.90 Å². The number of fused-ring (bicyclic) bond motifs is 2. The molecule has 1 saturated heterocycles. The molecule has 1 aromatic carbocycles. The first kappa shape index (κ1) is 19.0. The summed E-state index contributed by atoms with van der Waals surface area (Å²) in [6.07, 6.45) is 5.22. The van der Waals surface area contributed by atoms with Crippen LogP contribution >= 0.6 is 0 Å². The fourth-order valence-corrected chi connectivity index (χ4v) is 5.35. The Balaban J connectivity index is 1.15. The number of hydrogen-bond donors (Lipinski definition) is 1. The minimum atomic E-state index is -0.388. The Morgan fingerprint density at radius 3 is 2.63 bits per heavy atom. The molecule has 2 saturated carbocycles. The molecule has 4 atom stereocenters. The Kier molecular flexibility index (Phi) is 6.21. The fraction of sp³-hybridized carbons (Fsp3) is 0.727. The number of methoxy groups -OCH3 is 1. The first-order valence-corrected chi connectivity index (χ1v) is 10.6. The molecule has 0 spiro atoms. The Hall–Kier alpha value is -1.30. The summed E-state index contributed by atoms with van der Waals surface area (Å²) in [5, 5.41) is 10.4.